The van der Waals surface area contributed by atoms with Gasteiger partial charge in [-0.15, -0.1) is 0 Å². The third-order valence-corrected chi connectivity index (χ3v) is 4.54. The lowest BCUT2D eigenvalue weighted by molar-refractivity contribution is -0.118. The molecule has 2 aromatic carbocycles. The molecule has 0 aliphatic rings. The van der Waals surface area contributed by atoms with E-state index in [1.165, 1.54) is 5.56 Å². The summed E-state index contributed by atoms with van der Waals surface area (Å²) in [6, 6.07) is 13.4. The summed E-state index contributed by atoms with van der Waals surface area (Å²) < 4.78 is 5.57. The molecule has 0 aliphatic heterocycles. The van der Waals surface area contributed by atoms with Gasteiger partial charge in [0.1, 0.15) is 5.75 Å². The van der Waals surface area contributed by atoms with E-state index in [2.05, 4.69) is 38.2 Å². The van der Waals surface area contributed by atoms with E-state index in [0.717, 1.165) is 12.0 Å². The van der Waals surface area contributed by atoms with E-state index in [9.17, 15) is 4.79 Å². The van der Waals surface area contributed by atoms with Crippen LogP contribution in [0.2, 0.25) is 0 Å². The van der Waals surface area contributed by atoms with Crippen molar-refractivity contribution in [1.29, 1.82) is 0 Å². The van der Waals surface area contributed by atoms with Gasteiger partial charge in [-0.05, 0) is 54.2 Å². The zero-order valence-corrected chi connectivity index (χ0v) is 14.8. The van der Waals surface area contributed by atoms with Crippen LogP contribution in [0.25, 0.3) is 0 Å². The molecular weight excluding hydrogens is 300 g/mol. The predicted molar refractivity (Wildman–Crippen MR) is 99.5 cm³/mol. The third kappa shape index (κ3) is 4.28. The molecule has 2 aromatic rings. The molecule has 4 heteroatoms. The second-order valence-corrected chi connectivity index (χ2v) is 6.62. The standard InChI is InChI=1S/C20H26N2O2/c1-5-20(3,4)15-9-11-16(12-10-15)24-13-19(23)22-18-8-6-7-17(21)14(18)2/h6-12H,5,13,21H2,1-4H3,(H,22,23). The summed E-state index contributed by atoms with van der Waals surface area (Å²) >= 11 is 0. The highest BCUT2D eigenvalue weighted by molar-refractivity contribution is 5.93. The van der Waals surface area contributed by atoms with Gasteiger partial charge in [0.15, 0.2) is 6.61 Å². The molecular formula is C20H26N2O2. The SMILES string of the molecule is CCC(C)(C)c1ccc(OCC(=O)Nc2cccc(N)c2C)cc1. The molecule has 0 fully saturated rings. The zero-order valence-electron chi connectivity index (χ0n) is 14.8. The summed E-state index contributed by atoms with van der Waals surface area (Å²) in [6.45, 7) is 8.44. The average molecular weight is 326 g/mol. The molecule has 0 aliphatic carbocycles. The van der Waals surface area contributed by atoms with Crippen molar-refractivity contribution >= 4 is 17.3 Å². The van der Waals surface area contributed by atoms with E-state index < -0.39 is 0 Å². The van der Waals surface area contributed by atoms with E-state index in [0.29, 0.717) is 17.1 Å². The third-order valence-electron chi connectivity index (χ3n) is 4.54. The number of carbonyl (C=O) groups is 1. The number of carbonyl (C=O) groups excluding carboxylic acids is 1. The minimum absolute atomic E-state index is 0.0369. The molecule has 128 valence electrons. The fourth-order valence-electron chi connectivity index (χ4n) is 2.33. The summed E-state index contributed by atoms with van der Waals surface area (Å²) in [4.78, 5) is 12.0. The van der Waals surface area contributed by atoms with Crippen LogP contribution in [-0.2, 0) is 10.2 Å². The lowest BCUT2D eigenvalue weighted by Gasteiger charge is -2.23. The first kappa shape index (κ1) is 17.9. The van der Waals surface area contributed by atoms with Gasteiger partial charge >= 0.3 is 0 Å². The molecule has 0 atom stereocenters. The number of nitrogens with one attached hydrogen (secondary N) is 1. The molecule has 0 saturated carbocycles. The number of nitrogens with two attached hydrogens (primary N) is 1. The van der Waals surface area contributed by atoms with Crippen molar-refractivity contribution in [3.05, 3.63) is 53.6 Å². The molecule has 1 amide bonds. The minimum atomic E-state index is -0.207. The van der Waals surface area contributed by atoms with Crippen LogP contribution in [-0.4, -0.2) is 12.5 Å². The quantitative estimate of drug-likeness (QED) is 0.779. The van der Waals surface area contributed by atoms with Gasteiger partial charge in [-0.2, -0.15) is 0 Å². The number of rotatable bonds is 6. The normalized spacial score (nSPS) is 11.2. The number of nitrogen functional groups attached to an aromatic ring is 1. The number of hydrogen-bond acceptors (Lipinski definition) is 3. The van der Waals surface area contributed by atoms with Gasteiger partial charge in [0.05, 0.1) is 0 Å². The van der Waals surface area contributed by atoms with Crippen LogP contribution in [0, 0.1) is 6.92 Å². The predicted octanol–water partition coefficient (Wildman–Crippen LogP) is 4.28. The van der Waals surface area contributed by atoms with Crippen LogP contribution in [0.15, 0.2) is 42.5 Å². The second-order valence-electron chi connectivity index (χ2n) is 6.62. The molecule has 4 nitrogen and oxygen atoms in total. The number of ether oxygens (including phenoxy) is 1. The van der Waals surface area contributed by atoms with Gasteiger partial charge < -0.3 is 15.8 Å². The van der Waals surface area contributed by atoms with Gasteiger partial charge in [0, 0.05) is 11.4 Å². The number of hydrogen-bond donors (Lipinski definition) is 2. The van der Waals surface area contributed by atoms with Crippen molar-refractivity contribution in [1.82, 2.24) is 0 Å². The van der Waals surface area contributed by atoms with E-state index in [4.69, 9.17) is 10.5 Å². The molecule has 3 N–H and O–H groups in total. The van der Waals surface area contributed by atoms with Crippen LogP contribution in [0.3, 0.4) is 0 Å². The smallest absolute Gasteiger partial charge is 0.262 e. The Balaban J connectivity index is 1.93. The van der Waals surface area contributed by atoms with Crippen molar-refractivity contribution in [3.8, 4) is 5.75 Å². The van der Waals surface area contributed by atoms with E-state index in [-0.39, 0.29) is 17.9 Å². The Bertz CT molecular complexity index is 706. The van der Waals surface area contributed by atoms with Crippen LogP contribution >= 0.6 is 0 Å². The molecule has 0 bridgehead atoms. The summed E-state index contributed by atoms with van der Waals surface area (Å²) in [5.41, 5.74) is 9.47. The van der Waals surface area contributed by atoms with Gasteiger partial charge in [-0.3, -0.25) is 4.79 Å². The van der Waals surface area contributed by atoms with Crippen LogP contribution < -0.4 is 15.8 Å². The van der Waals surface area contributed by atoms with E-state index >= 15 is 0 Å². The molecule has 0 radical (unpaired) electrons. The van der Waals surface area contributed by atoms with Gasteiger partial charge in [0.25, 0.3) is 5.91 Å². The fourth-order valence-corrected chi connectivity index (χ4v) is 2.33. The molecule has 0 saturated heterocycles. The average Bonchev–Trinajstić information content (AvgIpc) is 2.57. The summed E-state index contributed by atoms with van der Waals surface area (Å²) in [5, 5.41) is 2.82. The van der Waals surface area contributed by atoms with Crippen molar-refractivity contribution in [2.45, 2.75) is 39.5 Å². The molecule has 0 spiro atoms. The second kappa shape index (κ2) is 7.39. The van der Waals surface area contributed by atoms with Crippen molar-refractivity contribution in [2.24, 2.45) is 0 Å². The first-order valence-electron chi connectivity index (χ1n) is 8.22. The van der Waals surface area contributed by atoms with Crippen LogP contribution in [0.1, 0.15) is 38.3 Å². The Morgan fingerprint density at radius 3 is 2.46 bits per heavy atom. The van der Waals surface area contributed by atoms with Gasteiger partial charge in [-0.25, -0.2) is 0 Å². The lowest BCUT2D eigenvalue weighted by Crippen LogP contribution is -2.21. The summed E-state index contributed by atoms with van der Waals surface area (Å²) in [5.74, 6) is 0.478. The highest BCUT2D eigenvalue weighted by Crippen LogP contribution is 2.28. The maximum atomic E-state index is 12.0. The first-order valence-corrected chi connectivity index (χ1v) is 8.22. The van der Waals surface area contributed by atoms with Crippen molar-refractivity contribution in [3.63, 3.8) is 0 Å². The molecule has 0 aromatic heterocycles. The molecule has 24 heavy (non-hydrogen) atoms. The Morgan fingerprint density at radius 1 is 1.17 bits per heavy atom. The number of amides is 1. The van der Waals surface area contributed by atoms with Gasteiger partial charge in [0.2, 0.25) is 0 Å². The molecule has 0 heterocycles. The van der Waals surface area contributed by atoms with Crippen LogP contribution in [0.5, 0.6) is 5.75 Å². The van der Waals surface area contributed by atoms with Gasteiger partial charge in [-0.1, -0.05) is 39.0 Å². The monoisotopic (exact) mass is 326 g/mol. The zero-order chi connectivity index (χ0) is 17.7. The number of benzene rings is 2. The highest BCUT2D eigenvalue weighted by Gasteiger charge is 2.17. The van der Waals surface area contributed by atoms with E-state index in [1.54, 1.807) is 6.07 Å². The highest BCUT2D eigenvalue weighted by atomic mass is 16.5. The molecule has 2 rings (SSSR count). The lowest BCUT2D eigenvalue weighted by atomic mass is 9.82. The maximum Gasteiger partial charge on any atom is 0.262 e. The molecule has 0 unspecified atom stereocenters. The maximum absolute atomic E-state index is 12.0. The topological polar surface area (TPSA) is 64.3 Å². The Labute approximate surface area is 144 Å². The van der Waals surface area contributed by atoms with E-state index in [1.807, 2.05) is 31.2 Å². The van der Waals surface area contributed by atoms with Crippen LogP contribution in [0.4, 0.5) is 11.4 Å². The van der Waals surface area contributed by atoms with Crippen molar-refractivity contribution < 1.29 is 9.53 Å². The van der Waals surface area contributed by atoms with Crippen molar-refractivity contribution in [2.75, 3.05) is 17.7 Å². The summed E-state index contributed by atoms with van der Waals surface area (Å²) in [6.07, 6.45) is 1.06. The fraction of sp³-hybridized carbons (Fsp3) is 0.350. The minimum Gasteiger partial charge on any atom is -0.484 e. The largest absolute Gasteiger partial charge is 0.484 e. The Kier molecular flexibility index (Phi) is 5.50. The Hall–Kier alpha value is -2.49. The first-order chi connectivity index (χ1) is 11.3. The summed E-state index contributed by atoms with van der Waals surface area (Å²) in [7, 11) is 0. The number of anilines is 2. The Morgan fingerprint density at radius 2 is 1.83 bits per heavy atom.